The predicted octanol–water partition coefficient (Wildman–Crippen LogP) is 2.71. The summed E-state index contributed by atoms with van der Waals surface area (Å²) in [5, 5.41) is 3.28. The molecule has 0 aromatic heterocycles. The minimum Gasteiger partial charge on any atom is -0.496 e. The fourth-order valence-electron chi connectivity index (χ4n) is 1.38. The van der Waals surface area contributed by atoms with Crippen LogP contribution in [0.5, 0.6) is 5.75 Å². The molecular weight excluding hydrogens is 186 g/mol. The van der Waals surface area contributed by atoms with Crippen molar-refractivity contribution in [3.05, 3.63) is 35.9 Å². The SMILES string of the molecule is CCNCCC=Cc1ccccc1OC. The van der Waals surface area contributed by atoms with Crippen molar-refractivity contribution in [1.82, 2.24) is 5.32 Å². The first kappa shape index (κ1) is 11.8. The Kier molecular flexibility index (Phi) is 5.56. The topological polar surface area (TPSA) is 21.3 Å². The molecule has 0 unspecified atom stereocenters. The lowest BCUT2D eigenvalue weighted by Gasteiger charge is -2.03. The Morgan fingerprint density at radius 3 is 2.87 bits per heavy atom. The van der Waals surface area contributed by atoms with Gasteiger partial charge in [0.25, 0.3) is 0 Å². The average molecular weight is 205 g/mol. The second kappa shape index (κ2) is 7.07. The molecule has 0 spiro atoms. The van der Waals surface area contributed by atoms with Gasteiger partial charge in [0.2, 0.25) is 0 Å². The van der Waals surface area contributed by atoms with Crippen molar-refractivity contribution < 1.29 is 4.74 Å². The van der Waals surface area contributed by atoms with Crippen LogP contribution in [0.2, 0.25) is 0 Å². The summed E-state index contributed by atoms with van der Waals surface area (Å²) in [7, 11) is 1.70. The molecule has 0 saturated carbocycles. The second-order valence-corrected chi connectivity index (χ2v) is 3.29. The average Bonchev–Trinajstić information content (AvgIpc) is 2.29. The number of para-hydroxylation sites is 1. The Morgan fingerprint density at radius 2 is 2.13 bits per heavy atom. The predicted molar refractivity (Wildman–Crippen MR) is 65.2 cm³/mol. The molecule has 0 aliphatic rings. The van der Waals surface area contributed by atoms with Gasteiger partial charge in [-0.25, -0.2) is 0 Å². The number of hydrogen-bond donors (Lipinski definition) is 1. The van der Waals surface area contributed by atoms with E-state index in [1.54, 1.807) is 7.11 Å². The zero-order chi connectivity index (χ0) is 10.9. The molecule has 2 heteroatoms. The summed E-state index contributed by atoms with van der Waals surface area (Å²) in [6.45, 7) is 4.18. The van der Waals surface area contributed by atoms with E-state index in [0.29, 0.717) is 0 Å². The van der Waals surface area contributed by atoms with E-state index in [1.165, 1.54) is 0 Å². The lowest BCUT2D eigenvalue weighted by atomic mass is 10.2. The summed E-state index contributed by atoms with van der Waals surface area (Å²) in [5.41, 5.74) is 1.14. The molecule has 1 N–H and O–H groups in total. The highest BCUT2D eigenvalue weighted by Gasteiger charge is 1.95. The summed E-state index contributed by atoms with van der Waals surface area (Å²) in [5.74, 6) is 0.928. The molecule has 1 aromatic carbocycles. The number of hydrogen-bond acceptors (Lipinski definition) is 2. The van der Waals surface area contributed by atoms with E-state index in [9.17, 15) is 0 Å². The molecule has 15 heavy (non-hydrogen) atoms. The van der Waals surface area contributed by atoms with Crippen molar-refractivity contribution in [2.75, 3.05) is 20.2 Å². The number of benzene rings is 1. The lowest BCUT2D eigenvalue weighted by Crippen LogP contribution is -2.12. The molecule has 0 saturated heterocycles. The molecule has 82 valence electrons. The molecule has 0 amide bonds. The summed E-state index contributed by atoms with van der Waals surface area (Å²) >= 11 is 0. The third-order valence-corrected chi connectivity index (χ3v) is 2.17. The van der Waals surface area contributed by atoms with E-state index in [2.05, 4.69) is 30.5 Å². The van der Waals surface area contributed by atoms with Gasteiger partial charge in [0, 0.05) is 5.56 Å². The van der Waals surface area contributed by atoms with E-state index in [4.69, 9.17) is 4.74 Å². The van der Waals surface area contributed by atoms with Gasteiger partial charge in [-0.1, -0.05) is 37.3 Å². The van der Waals surface area contributed by atoms with Crippen LogP contribution >= 0.6 is 0 Å². The van der Waals surface area contributed by atoms with Gasteiger partial charge in [-0.05, 0) is 25.6 Å². The first-order chi connectivity index (χ1) is 7.38. The maximum Gasteiger partial charge on any atom is 0.126 e. The van der Waals surface area contributed by atoms with Gasteiger partial charge in [-0.15, -0.1) is 0 Å². The molecule has 0 aliphatic heterocycles. The fraction of sp³-hybridized carbons (Fsp3) is 0.385. The standard InChI is InChI=1S/C13H19NO/c1-3-14-11-7-6-9-12-8-4-5-10-13(12)15-2/h4-6,8-10,14H,3,7,11H2,1-2H3. The van der Waals surface area contributed by atoms with Crippen LogP contribution in [0.3, 0.4) is 0 Å². The monoisotopic (exact) mass is 205 g/mol. The van der Waals surface area contributed by atoms with Crippen molar-refractivity contribution in [3.63, 3.8) is 0 Å². The number of nitrogens with one attached hydrogen (secondary N) is 1. The Labute approximate surface area is 92.0 Å². The van der Waals surface area contributed by atoms with E-state index in [-0.39, 0.29) is 0 Å². The van der Waals surface area contributed by atoms with Gasteiger partial charge in [-0.2, -0.15) is 0 Å². The lowest BCUT2D eigenvalue weighted by molar-refractivity contribution is 0.414. The van der Waals surface area contributed by atoms with E-state index in [1.807, 2.05) is 18.2 Å². The highest BCUT2D eigenvalue weighted by atomic mass is 16.5. The quantitative estimate of drug-likeness (QED) is 0.721. The smallest absolute Gasteiger partial charge is 0.126 e. The van der Waals surface area contributed by atoms with Crippen LogP contribution in [-0.2, 0) is 0 Å². The first-order valence-corrected chi connectivity index (χ1v) is 5.38. The molecule has 1 rings (SSSR count). The Balaban J connectivity index is 2.48. The number of ether oxygens (including phenoxy) is 1. The van der Waals surface area contributed by atoms with Gasteiger partial charge in [0.15, 0.2) is 0 Å². The molecular formula is C13H19NO. The van der Waals surface area contributed by atoms with Gasteiger partial charge in [-0.3, -0.25) is 0 Å². The largest absolute Gasteiger partial charge is 0.496 e. The van der Waals surface area contributed by atoms with E-state index >= 15 is 0 Å². The van der Waals surface area contributed by atoms with E-state index in [0.717, 1.165) is 30.8 Å². The Hall–Kier alpha value is -1.28. The van der Waals surface area contributed by atoms with Crippen LogP contribution in [0, 0.1) is 0 Å². The van der Waals surface area contributed by atoms with Crippen LogP contribution in [0.15, 0.2) is 30.3 Å². The summed E-state index contributed by atoms with van der Waals surface area (Å²) in [6, 6.07) is 8.04. The third-order valence-electron chi connectivity index (χ3n) is 2.17. The molecule has 0 bridgehead atoms. The van der Waals surface area contributed by atoms with Crippen LogP contribution < -0.4 is 10.1 Å². The highest BCUT2D eigenvalue weighted by molar-refractivity contribution is 5.56. The van der Waals surface area contributed by atoms with Gasteiger partial charge in [0.05, 0.1) is 7.11 Å². The second-order valence-electron chi connectivity index (χ2n) is 3.29. The summed E-state index contributed by atoms with van der Waals surface area (Å²) in [6.07, 6.45) is 5.32. The molecule has 0 atom stereocenters. The molecule has 1 aromatic rings. The zero-order valence-electron chi connectivity index (χ0n) is 9.49. The Bertz CT molecular complexity index is 307. The first-order valence-electron chi connectivity index (χ1n) is 5.38. The minimum atomic E-state index is 0.928. The number of rotatable bonds is 6. The van der Waals surface area contributed by atoms with Gasteiger partial charge < -0.3 is 10.1 Å². The molecule has 0 heterocycles. The summed E-state index contributed by atoms with van der Waals surface area (Å²) < 4.78 is 5.26. The Morgan fingerprint density at radius 1 is 1.33 bits per heavy atom. The minimum absolute atomic E-state index is 0.928. The van der Waals surface area contributed by atoms with Crippen molar-refractivity contribution in [1.29, 1.82) is 0 Å². The van der Waals surface area contributed by atoms with Gasteiger partial charge in [0.1, 0.15) is 5.75 Å². The van der Waals surface area contributed by atoms with Crippen molar-refractivity contribution in [2.24, 2.45) is 0 Å². The van der Waals surface area contributed by atoms with Crippen LogP contribution in [0.4, 0.5) is 0 Å². The third kappa shape index (κ3) is 4.17. The summed E-state index contributed by atoms with van der Waals surface area (Å²) in [4.78, 5) is 0. The van der Waals surface area contributed by atoms with Crippen LogP contribution in [0.25, 0.3) is 6.08 Å². The number of methoxy groups -OCH3 is 1. The molecule has 2 nitrogen and oxygen atoms in total. The maximum atomic E-state index is 5.26. The zero-order valence-corrected chi connectivity index (χ0v) is 9.49. The van der Waals surface area contributed by atoms with Crippen molar-refractivity contribution in [2.45, 2.75) is 13.3 Å². The van der Waals surface area contributed by atoms with Gasteiger partial charge >= 0.3 is 0 Å². The highest BCUT2D eigenvalue weighted by Crippen LogP contribution is 2.18. The molecule has 0 aliphatic carbocycles. The molecule has 0 fully saturated rings. The van der Waals surface area contributed by atoms with Crippen molar-refractivity contribution >= 4 is 6.08 Å². The van der Waals surface area contributed by atoms with Crippen LogP contribution in [-0.4, -0.2) is 20.2 Å². The maximum absolute atomic E-state index is 5.26. The van der Waals surface area contributed by atoms with Crippen molar-refractivity contribution in [3.8, 4) is 5.75 Å². The molecule has 0 radical (unpaired) electrons. The van der Waals surface area contributed by atoms with Crippen LogP contribution in [0.1, 0.15) is 18.9 Å². The normalized spacial score (nSPS) is 10.8. The fourth-order valence-corrected chi connectivity index (χ4v) is 1.38. The van der Waals surface area contributed by atoms with E-state index < -0.39 is 0 Å².